The van der Waals surface area contributed by atoms with E-state index in [-0.39, 0.29) is 17.3 Å². The summed E-state index contributed by atoms with van der Waals surface area (Å²) in [4.78, 5) is 22.4. The van der Waals surface area contributed by atoms with Crippen LogP contribution in [0.4, 0.5) is 19.0 Å². The molecule has 0 bridgehead atoms. The van der Waals surface area contributed by atoms with E-state index in [9.17, 15) is 18.0 Å². The fourth-order valence-electron chi connectivity index (χ4n) is 3.81. The Labute approximate surface area is 190 Å². The Balaban J connectivity index is 1.76. The Morgan fingerprint density at radius 2 is 1.97 bits per heavy atom. The van der Waals surface area contributed by atoms with Crippen LogP contribution in [0.25, 0.3) is 11.1 Å². The summed E-state index contributed by atoms with van der Waals surface area (Å²) in [5.74, 6) is -0.797. The lowest BCUT2D eigenvalue weighted by molar-refractivity contribution is -0.140. The molecule has 0 fully saturated rings. The molecule has 32 heavy (non-hydrogen) atoms. The van der Waals surface area contributed by atoms with Crippen LogP contribution in [0.1, 0.15) is 39.8 Å². The Hall–Kier alpha value is -2.91. The summed E-state index contributed by atoms with van der Waals surface area (Å²) < 4.78 is 45.8. The Morgan fingerprint density at radius 3 is 2.66 bits per heavy atom. The summed E-state index contributed by atoms with van der Waals surface area (Å²) in [5, 5.41) is 3.31. The molecule has 3 aromatic rings. The average Bonchev–Trinajstić information content (AvgIpc) is 3.17. The third-order valence-corrected chi connectivity index (χ3v) is 5.95. The van der Waals surface area contributed by atoms with Crippen molar-refractivity contribution < 1.29 is 22.7 Å². The van der Waals surface area contributed by atoms with Crippen molar-refractivity contribution in [1.82, 2.24) is 15.0 Å². The largest absolute Gasteiger partial charge is 0.479 e. The highest BCUT2D eigenvalue weighted by molar-refractivity contribution is 6.43. The standard InChI is InChI=1S/C21H15Cl2F3N4O2/c1-32-20-15(9-31)28-17(21(24,25)26)19(30-20)29-14-6-5-11-10(3-2-4-12(11)14)13-7-8-27-18(23)16(13)22/h2-4,7-9,14H,5-6H2,1H3,(H,29,30). The lowest BCUT2D eigenvalue weighted by Gasteiger charge is -2.19. The van der Waals surface area contributed by atoms with Crippen LogP contribution in [-0.4, -0.2) is 28.3 Å². The third kappa shape index (κ3) is 3.98. The second-order valence-electron chi connectivity index (χ2n) is 7.00. The van der Waals surface area contributed by atoms with Crippen molar-refractivity contribution in [2.24, 2.45) is 0 Å². The van der Waals surface area contributed by atoms with Gasteiger partial charge < -0.3 is 10.1 Å². The van der Waals surface area contributed by atoms with Crippen molar-refractivity contribution in [2.45, 2.75) is 25.1 Å². The highest BCUT2D eigenvalue weighted by Crippen LogP contribution is 2.43. The van der Waals surface area contributed by atoms with Crippen molar-refractivity contribution >= 4 is 35.3 Å². The SMILES string of the molecule is COc1nc(NC2CCc3c(-c4ccnc(Cl)c4Cl)cccc32)c(C(F)(F)F)nc1C=O. The quantitative estimate of drug-likeness (QED) is 0.366. The Morgan fingerprint density at radius 1 is 1.19 bits per heavy atom. The van der Waals surface area contributed by atoms with Gasteiger partial charge in [0.25, 0.3) is 0 Å². The molecule has 1 atom stereocenters. The second-order valence-corrected chi connectivity index (χ2v) is 7.74. The maximum absolute atomic E-state index is 13.6. The molecule has 1 aliphatic rings. The zero-order valence-corrected chi connectivity index (χ0v) is 18.0. The summed E-state index contributed by atoms with van der Waals surface area (Å²) in [6, 6.07) is 6.77. The summed E-state index contributed by atoms with van der Waals surface area (Å²) in [6.45, 7) is 0. The number of benzene rings is 1. The predicted molar refractivity (Wildman–Crippen MR) is 113 cm³/mol. The molecule has 166 valence electrons. The first-order chi connectivity index (χ1) is 15.2. The number of carbonyl (C=O) groups excluding carboxylic acids is 1. The first-order valence-corrected chi connectivity index (χ1v) is 10.2. The summed E-state index contributed by atoms with van der Waals surface area (Å²) in [7, 11) is 1.20. The van der Waals surface area contributed by atoms with Gasteiger partial charge in [-0.15, -0.1) is 0 Å². The number of anilines is 1. The summed E-state index contributed by atoms with van der Waals surface area (Å²) in [5.41, 5.74) is 1.46. The number of aldehydes is 1. The number of carbonyl (C=O) groups is 1. The monoisotopic (exact) mass is 482 g/mol. The minimum atomic E-state index is -4.82. The molecule has 0 amide bonds. The number of ether oxygens (including phenoxy) is 1. The van der Waals surface area contributed by atoms with E-state index in [0.29, 0.717) is 23.4 Å². The van der Waals surface area contributed by atoms with E-state index in [1.165, 1.54) is 7.11 Å². The molecule has 1 aliphatic carbocycles. The number of nitrogens with one attached hydrogen (secondary N) is 1. The van der Waals surface area contributed by atoms with Crippen LogP contribution >= 0.6 is 23.2 Å². The number of methoxy groups -OCH3 is 1. The smallest absolute Gasteiger partial charge is 0.437 e. The van der Waals surface area contributed by atoms with Gasteiger partial charge in [0.15, 0.2) is 23.5 Å². The average molecular weight is 483 g/mol. The van der Waals surface area contributed by atoms with Gasteiger partial charge in [-0.05, 0) is 35.6 Å². The first kappa shape index (κ1) is 22.3. The van der Waals surface area contributed by atoms with E-state index in [1.54, 1.807) is 18.3 Å². The Bertz CT molecular complexity index is 1200. The number of hydrogen-bond acceptors (Lipinski definition) is 6. The van der Waals surface area contributed by atoms with Gasteiger partial charge in [-0.2, -0.15) is 18.2 Å². The van der Waals surface area contributed by atoms with Crippen molar-refractivity contribution in [1.29, 1.82) is 0 Å². The van der Waals surface area contributed by atoms with Gasteiger partial charge in [0, 0.05) is 11.8 Å². The molecule has 1 N–H and O–H groups in total. The summed E-state index contributed by atoms with van der Waals surface area (Å²) >= 11 is 12.4. The van der Waals surface area contributed by atoms with Gasteiger partial charge in [0.1, 0.15) is 5.15 Å². The van der Waals surface area contributed by atoms with Gasteiger partial charge in [0.05, 0.1) is 18.2 Å². The van der Waals surface area contributed by atoms with Gasteiger partial charge >= 0.3 is 6.18 Å². The second kappa shape index (κ2) is 8.55. The van der Waals surface area contributed by atoms with Gasteiger partial charge in [0.2, 0.25) is 5.88 Å². The molecule has 2 aromatic heterocycles. The van der Waals surface area contributed by atoms with Crippen LogP contribution in [0.5, 0.6) is 5.88 Å². The number of rotatable bonds is 5. The number of nitrogens with zero attached hydrogens (tertiary/aromatic N) is 3. The lowest BCUT2D eigenvalue weighted by atomic mass is 9.97. The molecule has 1 aromatic carbocycles. The molecule has 0 saturated carbocycles. The predicted octanol–water partition coefficient (Wildman–Crippen LogP) is 5.78. The lowest BCUT2D eigenvalue weighted by Crippen LogP contribution is -2.19. The van der Waals surface area contributed by atoms with Crippen molar-refractivity contribution in [2.75, 3.05) is 12.4 Å². The van der Waals surface area contributed by atoms with Crippen molar-refractivity contribution in [3.05, 3.63) is 63.2 Å². The molecule has 1 unspecified atom stereocenters. The van der Waals surface area contributed by atoms with E-state index in [2.05, 4.69) is 20.3 Å². The molecule has 2 heterocycles. The zero-order chi connectivity index (χ0) is 23.0. The highest BCUT2D eigenvalue weighted by Gasteiger charge is 2.39. The number of hydrogen-bond donors (Lipinski definition) is 1. The Kier molecular flexibility index (Phi) is 5.96. The fraction of sp³-hybridized carbons (Fsp3) is 0.238. The molecule has 0 radical (unpaired) electrons. The molecule has 0 aliphatic heterocycles. The van der Waals surface area contributed by atoms with Gasteiger partial charge in [-0.1, -0.05) is 41.4 Å². The molecular weight excluding hydrogens is 468 g/mol. The van der Waals surface area contributed by atoms with Crippen LogP contribution < -0.4 is 10.1 Å². The van der Waals surface area contributed by atoms with E-state index >= 15 is 0 Å². The van der Waals surface area contributed by atoms with Crippen LogP contribution in [0.3, 0.4) is 0 Å². The van der Waals surface area contributed by atoms with Crippen LogP contribution in [0, 0.1) is 0 Å². The summed E-state index contributed by atoms with van der Waals surface area (Å²) in [6.07, 6.45) is -1.99. The fourth-order valence-corrected chi connectivity index (χ4v) is 4.18. The number of pyridine rings is 1. The molecule has 11 heteroatoms. The normalized spacial score (nSPS) is 15.4. The molecule has 0 spiro atoms. The first-order valence-electron chi connectivity index (χ1n) is 9.41. The van der Waals surface area contributed by atoms with Crippen molar-refractivity contribution in [3.8, 4) is 17.0 Å². The van der Waals surface area contributed by atoms with Crippen LogP contribution in [-0.2, 0) is 12.6 Å². The van der Waals surface area contributed by atoms with E-state index in [0.717, 1.165) is 16.7 Å². The zero-order valence-electron chi connectivity index (χ0n) is 16.5. The minimum Gasteiger partial charge on any atom is -0.479 e. The van der Waals surface area contributed by atoms with E-state index in [4.69, 9.17) is 27.9 Å². The van der Waals surface area contributed by atoms with Crippen LogP contribution in [0.15, 0.2) is 30.5 Å². The van der Waals surface area contributed by atoms with Crippen LogP contribution in [0.2, 0.25) is 10.2 Å². The number of fused-ring (bicyclic) bond motifs is 1. The van der Waals surface area contributed by atoms with Gasteiger partial charge in [-0.25, -0.2) is 9.97 Å². The topological polar surface area (TPSA) is 77.0 Å². The number of alkyl halides is 3. The maximum atomic E-state index is 13.6. The molecule has 0 saturated heterocycles. The van der Waals surface area contributed by atoms with Crippen molar-refractivity contribution in [3.63, 3.8) is 0 Å². The highest BCUT2D eigenvalue weighted by atomic mass is 35.5. The molecule has 6 nitrogen and oxygen atoms in total. The molecular formula is C21H15Cl2F3N4O2. The third-order valence-electron chi connectivity index (χ3n) is 5.18. The number of halogens is 5. The maximum Gasteiger partial charge on any atom is 0.437 e. The number of aromatic nitrogens is 3. The van der Waals surface area contributed by atoms with Gasteiger partial charge in [-0.3, -0.25) is 4.79 Å². The molecule has 4 rings (SSSR count). The van der Waals surface area contributed by atoms with E-state index < -0.39 is 29.4 Å². The van der Waals surface area contributed by atoms with E-state index in [1.807, 2.05) is 12.1 Å². The minimum absolute atomic E-state index is 0.168.